The van der Waals surface area contributed by atoms with Crippen molar-refractivity contribution in [1.82, 2.24) is 15.6 Å². The summed E-state index contributed by atoms with van der Waals surface area (Å²) in [5.41, 5.74) is 1.13. The molecule has 0 radical (unpaired) electrons. The van der Waals surface area contributed by atoms with Crippen molar-refractivity contribution in [2.24, 2.45) is 4.99 Å². The first-order chi connectivity index (χ1) is 7.88. The highest BCUT2D eigenvalue weighted by atomic mass is 16.5. The standard InChI is InChI=1S/C11H16N4O/c1-16-10-7-9(3-6-12-10)8-15-11-13-4-2-5-14-11/h3,6-7H,2,4-5,8H2,1H3,(H2,13,14,15). The van der Waals surface area contributed by atoms with E-state index in [-0.39, 0.29) is 0 Å². The number of rotatable bonds is 3. The smallest absolute Gasteiger partial charge is 0.213 e. The number of aliphatic imine (C=N–C) groups is 1. The van der Waals surface area contributed by atoms with Crippen molar-refractivity contribution in [2.75, 3.05) is 20.2 Å². The van der Waals surface area contributed by atoms with Crippen molar-refractivity contribution in [1.29, 1.82) is 0 Å². The molecule has 0 bridgehead atoms. The second-order valence-corrected chi connectivity index (χ2v) is 3.57. The molecule has 1 aromatic rings. The molecule has 1 aliphatic heterocycles. The zero-order valence-electron chi connectivity index (χ0n) is 9.36. The zero-order chi connectivity index (χ0) is 11.2. The van der Waals surface area contributed by atoms with Gasteiger partial charge in [-0.05, 0) is 18.1 Å². The van der Waals surface area contributed by atoms with Crippen LogP contribution in [-0.2, 0) is 6.54 Å². The lowest BCUT2D eigenvalue weighted by atomic mass is 10.2. The highest BCUT2D eigenvalue weighted by Gasteiger charge is 2.03. The maximum Gasteiger partial charge on any atom is 0.213 e. The lowest BCUT2D eigenvalue weighted by molar-refractivity contribution is 0.397. The molecule has 0 aromatic carbocycles. The van der Waals surface area contributed by atoms with Crippen LogP contribution in [0.15, 0.2) is 23.3 Å². The Kier molecular flexibility index (Phi) is 3.58. The summed E-state index contributed by atoms with van der Waals surface area (Å²) in [4.78, 5) is 8.39. The maximum absolute atomic E-state index is 5.06. The van der Waals surface area contributed by atoms with Crippen LogP contribution in [0, 0.1) is 0 Å². The molecule has 0 fully saturated rings. The number of hydrogen-bond donors (Lipinski definition) is 2. The van der Waals surface area contributed by atoms with E-state index in [1.165, 1.54) is 0 Å². The van der Waals surface area contributed by atoms with Gasteiger partial charge in [-0.25, -0.2) is 4.98 Å². The summed E-state index contributed by atoms with van der Waals surface area (Å²) in [6.45, 7) is 2.62. The van der Waals surface area contributed by atoms with Crippen molar-refractivity contribution in [3.8, 4) is 5.88 Å². The van der Waals surface area contributed by atoms with Crippen LogP contribution in [0.25, 0.3) is 0 Å². The molecule has 2 rings (SSSR count). The van der Waals surface area contributed by atoms with Gasteiger partial charge in [-0.3, -0.25) is 4.99 Å². The highest BCUT2D eigenvalue weighted by Crippen LogP contribution is 2.07. The van der Waals surface area contributed by atoms with Gasteiger partial charge in [0.15, 0.2) is 5.96 Å². The molecule has 16 heavy (non-hydrogen) atoms. The number of guanidine groups is 1. The second kappa shape index (κ2) is 5.34. The second-order valence-electron chi connectivity index (χ2n) is 3.57. The first-order valence-corrected chi connectivity index (χ1v) is 5.39. The number of hydrogen-bond acceptors (Lipinski definition) is 5. The highest BCUT2D eigenvalue weighted by molar-refractivity contribution is 5.80. The van der Waals surface area contributed by atoms with Gasteiger partial charge >= 0.3 is 0 Å². The van der Waals surface area contributed by atoms with Gasteiger partial charge in [0.1, 0.15) is 0 Å². The fourth-order valence-electron chi connectivity index (χ4n) is 1.51. The molecule has 1 aromatic heterocycles. The normalized spacial score (nSPS) is 14.9. The van der Waals surface area contributed by atoms with Gasteiger partial charge in [0.05, 0.1) is 7.11 Å². The number of aromatic nitrogens is 1. The topological polar surface area (TPSA) is 58.5 Å². The lowest BCUT2D eigenvalue weighted by Crippen LogP contribution is -2.40. The first kappa shape index (κ1) is 10.7. The quantitative estimate of drug-likeness (QED) is 0.780. The predicted molar refractivity (Wildman–Crippen MR) is 62.6 cm³/mol. The van der Waals surface area contributed by atoms with E-state index < -0.39 is 0 Å². The van der Waals surface area contributed by atoms with E-state index in [9.17, 15) is 0 Å². The summed E-state index contributed by atoms with van der Waals surface area (Å²) in [7, 11) is 1.62. The van der Waals surface area contributed by atoms with Crippen molar-refractivity contribution in [2.45, 2.75) is 13.0 Å². The molecular weight excluding hydrogens is 204 g/mol. The van der Waals surface area contributed by atoms with E-state index in [1.54, 1.807) is 13.3 Å². The summed E-state index contributed by atoms with van der Waals surface area (Å²) < 4.78 is 5.06. The summed E-state index contributed by atoms with van der Waals surface area (Å²) in [6.07, 6.45) is 2.85. The van der Waals surface area contributed by atoms with Crippen molar-refractivity contribution in [3.63, 3.8) is 0 Å². The predicted octanol–water partition coefficient (Wildman–Crippen LogP) is 0.529. The Morgan fingerprint density at radius 3 is 3.25 bits per heavy atom. The minimum absolute atomic E-state index is 0.637. The van der Waals surface area contributed by atoms with E-state index in [0.717, 1.165) is 37.6 Å². The van der Waals surface area contributed by atoms with Gasteiger partial charge < -0.3 is 15.4 Å². The average Bonchev–Trinajstić information content (AvgIpc) is 2.38. The Hall–Kier alpha value is -1.78. The van der Waals surface area contributed by atoms with Gasteiger partial charge in [-0.1, -0.05) is 0 Å². The third-order valence-corrected chi connectivity index (χ3v) is 2.37. The zero-order valence-corrected chi connectivity index (χ0v) is 9.36. The maximum atomic E-state index is 5.06. The molecule has 0 atom stereocenters. The number of nitrogens with zero attached hydrogens (tertiary/aromatic N) is 2. The molecule has 5 heteroatoms. The van der Waals surface area contributed by atoms with E-state index in [2.05, 4.69) is 20.6 Å². The average molecular weight is 220 g/mol. The number of pyridine rings is 1. The van der Waals surface area contributed by atoms with Crippen LogP contribution in [0.4, 0.5) is 0 Å². The largest absolute Gasteiger partial charge is 0.481 e. The third kappa shape index (κ3) is 2.85. The molecule has 86 valence electrons. The molecule has 0 aliphatic carbocycles. The number of methoxy groups -OCH3 is 1. The van der Waals surface area contributed by atoms with Gasteiger partial charge in [0.25, 0.3) is 0 Å². The molecule has 0 unspecified atom stereocenters. The summed E-state index contributed by atoms with van der Waals surface area (Å²) >= 11 is 0. The summed E-state index contributed by atoms with van der Waals surface area (Å²) in [5, 5.41) is 6.45. The third-order valence-electron chi connectivity index (χ3n) is 2.37. The molecule has 0 spiro atoms. The summed E-state index contributed by atoms with van der Waals surface area (Å²) in [6, 6.07) is 3.87. The van der Waals surface area contributed by atoms with Crippen molar-refractivity contribution >= 4 is 5.96 Å². The van der Waals surface area contributed by atoms with Gasteiger partial charge in [-0.15, -0.1) is 0 Å². The van der Waals surface area contributed by atoms with Crippen LogP contribution in [0.1, 0.15) is 12.0 Å². The molecule has 1 aliphatic rings. The van der Waals surface area contributed by atoms with Crippen LogP contribution in [-0.4, -0.2) is 31.1 Å². The van der Waals surface area contributed by atoms with Crippen LogP contribution in [0.5, 0.6) is 5.88 Å². The minimum Gasteiger partial charge on any atom is -0.481 e. The minimum atomic E-state index is 0.637. The molecular formula is C11H16N4O. The Morgan fingerprint density at radius 1 is 1.56 bits per heavy atom. The summed E-state index contributed by atoms with van der Waals surface area (Å²) in [5.74, 6) is 1.51. The molecule has 0 saturated heterocycles. The van der Waals surface area contributed by atoms with E-state index >= 15 is 0 Å². The fraction of sp³-hybridized carbons (Fsp3) is 0.455. The molecule has 0 amide bonds. The van der Waals surface area contributed by atoms with Crippen LogP contribution in [0.3, 0.4) is 0 Å². The Bertz CT molecular complexity index is 378. The molecule has 0 saturated carbocycles. The lowest BCUT2D eigenvalue weighted by Gasteiger charge is -2.16. The van der Waals surface area contributed by atoms with Crippen LogP contribution in [0.2, 0.25) is 0 Å². The van der Waals surface area contributed by atoms with E-state index in [4.69, 9.17) is 4.74 Å². The SMILES string of the molecule is COc1cc(CNC2=NCCCN2)ccn1. The molecule has 2 heterocycles. The first-order valence-electron chi connectivity index (χ1n) is 5.39. The van der Waals surface area contributed by atoms with Crippen molar-refractivity contribution < 1.29 is 4.74 Å². The van der Waals surface area contributed by atoms with Crippen molar-refractivity contribution in [3.05, 3.63) is 23.9 Å². The Morgan fingerprint density at radius 2 is 2.50 bits per heavy atom. The number of ether oxygens (including phenoxy) is 1. The molecule has 2 N–H and O–H groups in total. The Labute approximate surface area is 94.9 Å². The Balaban J connectivity index is 1.91. The number of nitrogens with one attached hydrogen (secondary N) is 2. The van der Waals surface area contributed by atoms with E-state index in [1.807, 2.05) is 12.1 Å². The van der Waals surface area contributed by atoms with Crippen LogP contribution < -0.4 is 15.4 Å². The monoisotopic (exact) mass is 220 g/mol. The molecule has 5 nitrogen and oxygen atoms in total. The van der Waals surface area contributed by atoms with Gasteiger partial charge in [0, 0.05) is 31.9 Å². The van der Waals surface area contributed by atoms with Gasteiger partial charge in [-0.2, -0.15) is 0 Å². The van der Waals surface area contributed by atoms with E-state index in [0.29, 0.717) is 5.88 Å². The van der Waals surface area contributed by atoms with Gasteiger partial charge in [0.2, 0.25) is 5.88 Å². The van der Waals surface area contributed by atoms with Crippen LogP contribution >= 0.6 is 0 Å². The fourth-order valence-corrected chi connectivity index (χ4v) is 1.51.